The number of sulfonamides is 1. The van der Waals surface area contributed by atoms with Gasteiger partial charge in [0.1, 0.15) is 5.76 Å². The second kappa shape index (κ2) is 3.38. The van der Waals surface area contributed by atoms with Crippen LogP contribution in [-0.4, -0.2) is 14.5 Å². The van der Waals surface area contributed by atoms with Crippen LogP contribution in [0.15, 0.2) is 21.6 Å². The standard InChI is InChI=1S/C8H12N2O3S/c9-14(11,12)8-4-3-7(13-8)5-10-6-1-2-6/h3-4,6,10H,1-2,5H2,(H2,9,11,12). The minimum absolute atomic E-state index is 0.176. The van der Waals surface area contributed by atoms with E-state index in [0.29, 0.717) is 18.3 Å². The molecule has 0 spiro atoms. The first kappa shape index (κ1) is 9.70. The van der Waals surface area contributed by atoms with E-state index in [0.717, 1.165) is 0 Å². The second-order valence-corrected chi connectivity index (χ2v) is 4.91. The van der Waals surface area contributed by atoms with Crippen molar-refractivity contribution < 1.29 is 12.8 Å². The van der Waals surface area contributed by atoms with Crippen LogP contribution in [0.2, 0.25) is 0 Å². The number of hydrogen-bond donors (Lipinski definition) is 2. The Bertz CT molecular complexity index is 420. The van der Waals surface area contributed by atoms with E-state index in [1.807, 2.05) is 0 Å². The average molecular weight is 216 g/mol. The van der Waals surface area contributed by atoms with E-state index in [-0.39, 0.29) is 5.09 Å². The third-order valence-corrected chi connectivity index (χ3v) is 2.84. The van der Waals surface area contributed by atoms with Gasteiger partial charge in [0.05, 0.1) is 6.54 Å². The monoisotopic (exact) mass is 216 g/mol. The van der Waals surface area contributed by atoms with Crippen molar-refractivity contribution in [2.45, 2.75) is 30.5 Å². The van der Waals surface area contributed by atoms with Crippen molar-refractivity contribution in [3.63, 3.8) is 0 Å². The Balaban J connectivity index is 2.01. The summed E-state index contributed by atoms with van der Waals surface area (Å²) < 4.78 is 26.8. The molecule has 14 heavy (non-hydrogen) atoms. The van der Waals surface area contributed by atoms with Gasteiger partial charge in [-0.1, -0.05) is 0 Å². The van der Waals surface area contributed by atoms with Gasteiger partial charge in [-0.05, 0) is 25.0 Å². The van der Waals surface area contributed by atoms with Gasteiger partial charge < -0.3 is 9.73 Å². The molecule has 0 atom stereocenters. The maximum Gasteiger partial charge on any atom is 0.271 e. The summed E-state index contributed by atoms with van der Waals surface area (Å²) in [6.45, 7) is 0.556. The molecule has 0 aromatic carbocycles. The first-order chi connectivity index (χ1) is 6.55. The number of furan rings is 1. The van der Waals surface area contributed by atoms with E-state index in [2.05, 4.69) is 5.32 Å². The quantitative estimate of drug-likeness (QED) is 0.751. The van der Waals surface area contributed by atoms with Crippen molar-refractivity contribution in [2.75, 3.05) is 0 Å². The smallest absolute Gasteiger partial charge is 0.271 e. The summed E-state index contributed by atoms with van der Waals surface area (Å²) in [4.78, 5) is 0. The van der Waals surface area contributed by atoms with Gasteiger partial charge in [0.15, 0.2) is 0 Å². The van der Waals surface area contributed by atoms with E-state index in [9.17, 15) is 8.42 Å². The third-order valence-electron chi connectivity index (χ3n) is 2.06. The lowest BCUT2D eigenvalue weighted by molar-refractivity contribution is 0.402. The Morgan fingerprint density at radius 3 is 2.71 bits per heavy atom. The van der Waals surface area contributed by atoms with Crippen LogP contribution in [0, 0.1) is 0 Å². The highest BCUT2D eigenvalue weighted by Crippen LogP contribution is 2.20. The predicted molar refractivity (Wildman–Crippen MR) is 49.9 cm³/mol. The summed E-state index contributed by atoms with van der Waals surface area (Å²) in [5.74, 6) is 0.598. The molecule has 1 aliphatic carbocycles. The molecule has 1 aliphatic rings. The number of hydrogen-bond acceptors (Lipinski definition) is 4. The minimum Gasteiger partial charge on any atom is -0.447 e. The first-order valence-electron chi connectivity index (χ1n) is 4.40. The van der Waals surface area contributed by atoms with Gasteiger partial charge in [-0.3, -0.25) is 0 Å². The van der Waals surface area contributed by atoms with E-state index < -0.39 is 10.0 Å². The fraction of sp³-hybridized carbons (Fsp3) is 0.500. The molecule has 6 heteroatoms. The summed E-state index contributed by atoms with van der Waals surface area (Å²) >= 11 is 0. The maximum atomic E-state index is 10.9. The van der Waals surface area contributed by atoms with Crippen LogP contribution in [0.25, 0.3) is 0 Å². The summed E-state index contributed by atoms with van der Waals surface area (Å²) in [6.07, 6.45) is 2.37. The lowest BCUT2D eigenvalue weighted by atomic mass is 10.4. The summed E-state index contributed by atoms with van der Waals surface area (Å²) in [5, 5.41) is 7.93. The zero-order valence-corrected chi connectivity index (χ0v) is 8.38. The van der Waals surface area contributed by atoms with Crippen LogP contribution in [0.3, 0.4) is 0 Å². The van der Waals surface area contributed by atoms with Crippen LogP contribution in [0.4, 0.5) is 0 Å². The second-order valence-electron chi connectivity index (χ2n) is 3.42. The van der Waals surface area contributed by atoms with Crippen molar-refractivity contribution in [3.05, 3.63) is 17.9 Å². The van der Waals surface area contributed by atoms with Gasteiger partial charge in [0.2, 0.25) is 5.09 Å². The number of primary sulfonamides is 1. The molecule has 0 radical (unpaired) electrons. The highest BCUT2D eigenvalue weighted by atomic mass is 32.2. The molecule has 1 fully saturated rings. The molecule has 1 aromatic rings. The fourth-order valence-corrected chi connectivity index (χ4v) is 1.62. The molecule has 2 rings (SSSR count). The number of nitrogens with one attached hydrogen (secondary N) is 1. The van der Waals surface area contributed by atoms with Gasteiger partial charge in [0, 0.05) is 6.04 Å². The summed E-state index contributed by atoms with van der Waals surface area (Å²) in [6, 6.07) is 3.56. The minimum atomic E-state index is -3.70. The lowest BCUT2D eigenvalue weighted by Gasteiger charge is -1.97. The Morgan fingerprint density at radius 2 is 2.21 bits per heavy atom. The van der Waals surface area contributed by atoms with Crippen molar-refractivity contribution in [3.8, 4) is 0 Å². The van der Waals surface area contributed by atoms with Crippen molar-refractivity contribution in [1.82, 2.24) is 5.32 Å². The van der Waals surface area contributed by atoms with E-state index in [1.54, 1.807) is 6.07 Å². The highest BCUT2D eigenvalue weighted by molar-refractivity contribution is 7.89. The Labute approximate surface area is 82.3 Å². The van der Waals surface area contributed by atoms with Crippen molar-refractivity contribution in [1.29, 1.82) is 0 Å². The largest absolute Gasteiger partial charge is 0.447 e. The number of rotatable bonds is 4. The van der Waals surface area contributed by atoms with Crippen LogP contribution in [0.1, 0.15) is 18.6 Å². The highest BCUT2D eigenvalue weighted by Gasteiger charge is 2.21. The maximum absolute atomic E-state index is 10.9. The molecule has 1 aromatic heterocycles. The molecule has 5 nitrogen and oxygen atoms in total. The van der Waals surface area contributed by atoms with Crippen LogP contribution < -0.4 is 10.5 Å². The lowest BCUT2D eigenvalue weighted by Crippen LogP contribution is -2.15. The predicted octanol–water partition coefficient (Wildman–Crippen LogP) is 0.179. The molecule has 3 N–H and O–H groups in total. The summed E-state index contributed by atoms with van der Waals surface area (Å²) in [5.41, 5.74) is 0. The number of nitrogens with two attached hydrogens (primary N) is 1. The third kappa shape index (κ3) is 2.34. The molecule has 0 unspecified atom stereocenters. The molecule has 0 saturated heterocycles. The van der Waals surface area contributed by atoms with Crippen LogP contribution in [0.5, 0.6) is 0 Å². The van der Waals surface area contributed by atoms with Gasteiger partial charge in [-0.2, -0.15) is 0 Å². The van der Waals surface area contributed by atoms with Crippen LogP contribution in [-0.2, 0) is 16.6 Å². The topological polar surface area (TPSA) is 85.3 Å². The molecule has 78 valence electrons. The van der Waals surface area contributed by atoms with Gasteiger partial charge >= 0.3 is 0 Å². The molecule has 0 bridgehead atoms. The van der Waals surface area contributed by atoms with E-state index in [4.69, 9.17) is 9.56 Å². The summed E-state index contributed by atoms with van der Waals surface area (Å²) in [7, 11) is -3.70. The Hall–Kier alpha value is -0.850. The Morgan fingerprint density at radius 1 is 1.50 bits per heavy atom. The average Bonchev–Trinajstić information content (AvgIpc) is 2.77. The Kier molecular flexibility index (Phi) is 2.34. The van der Waals surface area contributed by atoms with Gasteiger partial charge in [-0.25, -0.2) is 13.6 Å². The zero-order valence-electron chi connectivity index (χ0n) is 7.56. The fourth-order valence-electron chi connectivity index (χ4n) is 1.14. The van der Waals surface area contributed by atoms with Gasteiger partial charge in [0.25, 0.3) is 10.0 Å². The molecule has 0 aliphatic heterocycles. The normalized spacial score (nSPS) is 17.2. The molecule has 0 amide bonds. The van der Waals surface area contributed by atoms with E-state index in [1.165, 1.54) is 18.9 Å². The van der Waals surface area contributed by atoms with Crippen molar-refractivity contribution in [2.24, 2.45) is 5.14 Å². The molecule has 1 heterocycles. The van der Waals surface area contributed by atoms with Crippen molar-refractivity contribution >= 4 is 10.0 Å². The first-order valence-corrected chi connectivity index (χ1v) is 5.95. The van der Waals surface area contributed by atoms with E-state index >= 15 is 0 Å². The van der Waals surface area contributed by atoms with Crippen LogP contribution >= 0.6 is 0 Å². The molecular weight excluding hydrogens is 204 g/mol. The molecule has 1 saturated carbocycles. The SMILES string of the molecule is NS(=O)(=O)c1ccc(CNC2CC2)o1. The molecular formula is C8H12N2O3S. The zero-order chi connectivity index (χ0) is 10.2. The van der Waals surface area contributed by atoms with Gasteiger partial charge in [-0.15, -0.1) is 0 Å².